The van der Waals surface area contributed by atoms with Gasteiger partial charge in [-0.15, -0.1) is 0 Å². The number of phenols is 1. The van der Waals surface area contributed by atoms with Gasteiger partial charge in [0, 0.05) is 16.6 Å². The fraction of sp³-hybridized carbons (Fsp3) is 0.222. The van der Waals surface area contributed by atoms with Crippen LogP contribution in [0, 0.1) is 11.7 Å². The molecule has 2 N–H and O–H groups in total. The van der Waals surface area contributed by atoms with Crippen molar-refractivity contribution in [2.75, 3.05) is 11.9 Å². The molecule has 0 heterocycles. The third-order valence-corrected chi connectivity index (χ3v) is 5.66. The van der Waals surface area contributed by atoms with Crippen LogP contribution in [0.3, 0.4) is 0 Å². The molecule has 1 atom stereocenters. The summed E-state index contributed by atoms with van der Waals surface area (Å²) in [6, 6.07) is 19.0. The topological polar surface area (TPSA) is 58.6 Å². The monoisotopic (exact) mass is 431 g/mol. The van der Waals surface area contributed by atoms with Crippen molar-refractivity contribution in [3.8, 4) is 16.9 Å². The highest BCUT2D eigenvalue weighted by atomic mass is 19.1. The summed E-state index contributed by atoms with van der Waals surface area (Å²) in [4.78, 5) is 12.4. The molecule has 0 unspecified atom stereocenters. The molecule has 0 aromatic heterocycles. The second kappa shape index (κ2) is 8.87. The number of benzene rings is 4. The summed E-state index contributed by atoms with van der Waals surface area (Å²) in [7, 11) is 0. The van der Waals surface area contributed by atoms with Crippen LogP contribution in [0.2, 0.25) is 0 Å². The number of esters is 1. The van der Waals surface area contributed by atoms with E-state index >= 15 is 0 Å². The van der Waals surface area contributed by atoms with Crippen molar-refractivity contribution in [1.82, 2.24) is 0 Å². The zero-order chi connectivity index (χ0) is 22.8. The van der Waals surface area contributed by atoms with Crippen LogP contribution in [-0.2, 0) is 9.53 Å². The number of hydrogen-bond acceptors (Lipinski definition) is 4. The third-order valence-electron chi connectivity index (χ3n) is 5.66. The molecule has 32 heavy (non-hydrogen) atoms. The number of phenolic OH excluding ortho intramolecular Hbond substituents is 1. The molecular weight excluding hydrogens is 405 g/mol. The van der Waals surface area contributed by atoms with Crippen molar-refractivity contribution in [3.05, 3.63) is 72.5 Å². The van der Waals surface area contributed by atoms with Crippen molar-refractivity contribution in [1.29, 1.82) is 0 Å². The smallest absolute Gasteiger partial charge is 0.328 e. The summed E-state index contributed by atoms with van der Waals surface area (Å²) in [5, 5.41) is 17.8. The van der Waals surface area contributed by atoms with Crippen LogP contribution >= 0.6 is 0 Å². The first-order valence-corrected chi connectivity index (χ1v) is 10.8. The van der Waals surface area contributed by atoms with Crippen LogP contribution in [-0.4, -0.2) is 23.7 Å². The molecule has 0 aliphatic rings. The number of rotatable bonds is 6. The predicted octanol–water partition coefficient (Wildman–Crippen LogP) is 6.50. The van der Waals surface area contributed by atoms with Gasteiger partial charge in [-0.3, -0.25) is 0 Å². The summed E-state index contributed by atoms with van der Waals surface area (Å²) < 4.78 is 18.8. The molecule has 4 nitrogen and oxygen atoms in total. The number of anilines is 1. The second-order valence-electron chi connectivity index (χ2n) is 8.15. The molecule has 164 valence electrons. The van der Waals surface area contributed by atoms with Gasteiger partial charge in [-0.05, 0) is 58.8 Å². The van der Waals surface area contributed by atoms with E-state index in [4.69, 9.17) is 4.74 Å². The number of aromatic hydroxyl groups is 1. The highest BCUT2D eigenvalue weighted by Gasteiger charge is 2.24. The van der Waals surface area contributed by atoms with E-state index in [1.807, 2.05) is 56.3 Å². The van der Waals surface area contributed by atoms with Crippen LogP contribution in [0.1, 0.15) is 20.8 Å². The van der Waals surface area contributed by atoms with Crippen LogP contribution in [0.4, 0.5) is 10.1 Å². The van der Waals surface area contributed by atoms with E-state index < -0.39 is 6.04 Å². The molecule has 4 rings (SSSR count). The molecule has 4 aromatic rings. The molecule has 0 radical (unpaired) electrons. The van der Waals surface area contributed by atoms with E-state index in [1.165, 1.54) is 12.1 Å². The minimum atomic E-state index is -0.479. The maximum atomic E-state index is 13.5. The van der Waals surface area contributed by atoms with Gasteiger partial charge < -0.3 is 15.2 Å². The predicted molar refractivity (Wildman–Crippen MR) is 127 cm³/mol. The van der Waals surface area contributed by atoms with Crippen LogP contribution in [0.25, 0.3) is 32.7 Å². The van der Waals surface area contributed by atoms with Crippen molar-refractivity contribution >= 4 is 33.2 Å². The van der Waals surface area contributed by atoms with E-state index in [-0.39, 0.29) is 23.5 Å². The van der Waals surface area contributed by atoms with Gasteiger partial charge in [0.25, 0.3) is 0 Å². The number of fused-ring (bicyclic) bond motifs is 3. The molecule has 0 aliphatic heterocycles. The van der Waals surface area contributed by atoms with Crippen molar-refractivity contribution in [2.45, 2.75) is 26.8 Å². The van der Waals surface area contributed by atoms with Crippen LogP contribution < -0.4 is 5.32 Å². The maximum Gasteiger partial charge on any atom is 0.328 e. The Kier molecular flexibility index (Phi) is 5.99. The van der Waals surface area contributed by atoms with Gasteiger partial charge in [0.15, 0.2) is 0 Å². The lowest BCUT2D eigenvalue weighted by atomic mass is 9.91. The average Bonchev–Trinajstić information content (AvgIpc) is 2.79. The van der Waals surface area contributed by atoms with Gasteiger partial charge in [-0.25, -0.2) is 9.18 Å². The number of nitrogens with one attached hydrogen (secondary N) is 1. The summed E-state index contributed by atoms with van der Waals surface area (Å²) in [5.74, 6) is -0.420. The zero-order valence-corrected chi connectivity index (χ0v) is 18.4. The first-order valence-electron chi connectivity index (χ1n) is 10.8. The quantitative estimate of drug-likeness (QED) is 0.270. The number of halogens is 1. The van der Waals surface area contributed by atoms with E-state index in [0.29, 0.717) is 17.6 Å². The number of carbonyl (C=O) groups is 1. The molecule has 0 spiro atoms. The van der Waals surface area contributed by atoms with Gasteiger partial charge in [-0.1, -0.05) is 56.3 Å². The third kappa shape index (κ3) is 3.98. The summed E-state index contributed by atoms with van der Waals surface area (Å²) in [6.07, 6.45) is 0. The minimum Gasteiger partial charge on any atom is -0.507 e. The van der Waals surface area contributed by atoms with Gasteiger partial charge in [0.1, 0.15) is 17.6 Å². The Labute approximate surface area is 186 Å². The first kappa shape index (κ1) is 21.6. The molecule has 0 fully saturated rings. The standard InChI is InChI=1S/C27H26FNO3/c1-4-32-27(31)25(16(2)3)29-19-13-14-21-23(15-19)20-7-5-6-8-22(20)26(30)24(21)17-9-11-18(28)12-10-17/h5-16,25,29-30H,4H2,1-3H3/t25-/m0/s1. The van der Waals surface area contributed by atoms with E-state index in [0.717, 1.165) is 27.4 Å². The number of ether oxygens (including phenoxy) is 1. The lowest BCUT2D eigenvalue weighted by molar-refractivity contribution is -0.145. The van der Waals surface area contributed by atoms with Gasteiger partial charge >= 0.3 is 5.97 Å². The Morgan fingerprint density at radius 3 is 2.31 bits per heavy atom. The fourth-order valence-electron chi connectivity index (χ4n) is 4.08. The van der Waals surface area contributed by atoms with Gasteiger partial charge in [0.2, 0.25) is 0 Å². The lowest BCUT2D eigenvalue weighted by Crippen LogP contribution is -2.36. The highest BCUT2D eigenvalue weighted by Crippen LogP contribution is 2.44. The highest BCUT2D eigenvalue weighted by molar-refractivity contribution is 6.18. The van der Waals surface area contributed by atoms with Gasteiger partial charge in [0.05, 0.1) is 6.61 Å². The largest absolute Gasteiger partial charge is 0.507 e. The molecule has 0 saturated carbocycles. The second-order valence-corrected chi connectivity index (χ2v) is 8.15. The zero-order valence-electron chi connectivity index (χ0n) is 18.4. The Morgan fingerprint density at radius 1 is 0.969 bits per heavy atom. The Bertz CT molecular complexity index is 1280. The molecule has 0 saturated heterocycles. The average molecular weight is 432 g/mol. The Balaban J connectivity index is 1.91. The molecule has 0 amide bonds. The van der Waals surface area contributed by atoms with Gasteiger partial charge in [-0.2, -0.15) is 0 Å². The van der Waals surface area contributed by atoms with Crippen molar-refractivity contribution < 1.29 is 19.0 Å². The van der Waals surface area contributed by atoms with Crippen LogP contribution in [0.15, 0.2) is 66.7 Å². The molecular formula is C27H26FNO3. The molecule has 0 aliphatic carbocycles. The van der Waals surface area contributed by atoms with Crippen LogP contribution in [0.5, 0.6) is 5.75 Å². The lowest BCUT2D eigenvalue weighted by Gasteiger charge is -2.22. The van der Waals surface area contributed by atoms with E-state index in [2.05, 4.69) is 5.32 Å². The normalized spacial score (nSPS) is 12.3. The SMILES string of the molecule is CCOC(=O)[C@@H](Nc1ccc2c(-c3ccc(F)cc3)c(O)c3ccccc3c2c1)C(C)C. The minimum absolute atomic E-state index is 0.0380. The first-order chi connectivity index (χ1) is 15.4. The summed E-state index contributed by atoms with van der Waals surface area (Å²) >= 11 is 0. The number of carbonyl (C=O) groups excluding carboxylic acids is 1. The maximum absolute atomic E-state index is 13.5. The van der Waals surface area contributed by atoms with Crippen molar-refractivity contribution in [2.24, 2.45) is 5.92 Å². The Morgan fingerprint density at radius 2 is 1.66 bits per heavy atom. The van der Waals surface area contributed by atoms with E-state index in [9.17, 15) is 14.3 Å². The Hall–Kier alpha value is -3.60. The summed E-state index contributed by atoms with van der Waals surface area (Å²) in [5.41, 5.74) is 2.16. The fourth-order valence-corrected chi connectivity index (χ4v) is 4.08. The molecule has 5 heteroatoms. The molecule has 0 bridgehead atoms. The molecule has 4 aromatic carbocycles. The van der Waals surface area contributed by atoms with Crippen molar-refractivity contribution in [3.63, 3.8) is 0 Å². The number of hydrogen-bond donors (Lipinski definition) is 2. The summed E-state index contributed by atoms with van der Waals surface area (Å²) in [6.45, 7) is 6.05. The van der Waals surface area contributed by atoms with E-state index in [1.54, 1.807) is 19.1 Å².